The van der Waals surface area contributed by atoms with Crippen LogP contribution >= 0.6 is 0 Å². The molecular weight excluding hydrogens is 472 g/mol. The van der Waals surface area contributed by atoms with Gasteiger partial charge in [0, 0.05) is 0 Å². The summed E-state index contributed by atoms with van der Waals surface area (Å²) < 4.78 is 26.1. The molecule has 0 amide bonds. The number of aliphatic hydroxyl groups is 11. The van der Waals surface area contributed by atoms with E-state index in [4.69, 9.17) is 23.7 Å². The van der Waals surface area contributed by atoms with Crippen molar-refractivity contribution in [2.75, 3.05) is 19.8 Å². The van der Waals surface area contributed by atoms with Gasteiger partial charge in [0.25, 0.3) is 0 Å². The second-order valence-corrected chi connectivity index (χ2v) is 8.37. The highest BCUT2D eigenvalue weighted by Crippen LogP contribution is 2.29. The molecule has 34 heavy (non-hydrogen) atoms. The van der Waals surface area contributed by atoms with Crippen molar-refractivity contribution in [2.45, 2.75) is 92.1 Å². The van der Waals surface area contributed by atoms with Crippen LogP contribution in [0.3, 0.4) is 0 Å². The maximum absolute atomic E-state index is 10.6. The minimum atomic E-state index is -1.93. The molecule has 0 aromatic carbocycles. The van der Waals surface area contributed by atoms with Crippen LogP contribution in [0.25, 0.3) is 0 Å². The summed E-state index contributed by atoms with van der Waals surface area (Å²) in [6.45, 7) is -2.06. The average Bonchev–Trinajstić information content (AvgIpc) is 2.82. The summed E-state index contributed by atoms with van der Waals surface area (Å²) in [6.07, 6.45) is -24.9. The molecule has 0 aliphatic carbocycles. The molecular formula is C18H32O16. The third-order valence-electron chi connectivity index (χ3n) is 6.07. The summed E-state index contributed by atoms with van der Waals surface area (Å²) in [5.74, 6) is 0. The lowest BCUT2D eigenvalue weighted by Gasteiger charge is -2.45. The third-order valence-corrected chi connectivity index (χ3v) is 6.07. The second kappa shape index (κ2) is 11.6. The molecule has 0 saturated carbocycles. The highest BCUT2D eigenvalue weighted by Gasteiger charge is 2.51. The molecule has 0 spiro atoms. The van der Waals surface area contributed by atoms with Crippen LogP contribution in [-0.4, -0.2) is 168 Å². The van der Waals surface area contributed by atoms with Gasteiger partial charge in [-0.2, -0.15) is 0 Å². The van der Waals surface area contributed by atoms with Crippen LogP contribution in [0.4, 0.5) is 0 Å². The summed E-state index contributed by atoms with van der Waals surface area (Å²) in [7, 11) is 0. The summed E-state index contributed by atoms with van der Waals surface area (Å²) in [5.41, 5.74) is 0. The Morgan fingerprint density at radius 1 is 0.500 bits per heavy atom. The minimum Gasteiger partial charge on any atom is -0.394 e. The van der Waals surface area contributed by atoms with Gasteiger partial charge in [-0.05, 0) is 0 Å². The zero-order valence-corrected chi connectivity index (χ0v) is 17.7. The van der Waals surface area contributed by atoms with Crippen molar-refractivity contribution in [3.8, 4) is 0 Å². The van der Waals surface area contributed by atoms with Crippen molar-refractivity contribution in [3.63, 3.8) is 0 Å². The summed E-state index contributed by atoms with van der Waals surface area (Å²) in [4.78, 5) is 0. The smallest absolute Gasteiger partial charge is 0.187 e. The van der Waals surface area contributed by atoms with Crippen LogP contribution in [0.1, 0.15) is 0 Å². The Morgan fingerprint density at radius 3 is 1.53 bits per heavy atom. The normalized spacial score (nSPS) is 52.5. The van der Waals surface area contributed by atoms with Crippen LogP contribution in [0.5, 0.6) is 0 Å². The summed E-state index contributed by atoms with van der Waals surface area (Å²) in [5, 5.41) is 109. The molecule has 3 rings (SSSR count). The van der Waals surface area contributed by atoms with Gasteiger partial charge in [0.2, 0.25) is 0 Å². The molecule has 0 aromatic rings. The maximum Gasteiger partial charge on any atom is 0.187 e. The molecule has 11 N–H and O–H groups in total. The second-order valence-electron chi connectivity index (χ2n) is 8.37. The van der Waals surface area contributed by atoms with E-state index in [-0.39, 0.29) is 0 Å². The van der Waals surface area contributed by atoms with Crippen LogP contribution in [0.2, 0.25) is 0 Å². The largest absolute Gasteiger partial charge is 0.394 e. The lowest BCUT2D eigenvalue weighted by molar-refractivity contribution is -0.361. The lowest BCUT2D eigenvalue weighted by Crippen LogP contribution is -2.65. The van der Waals surface area contributed by atoms with Crippen molar-refractivity contribution in [1.82, 2.24) is 0 Å². The molecule has 0 bridgehead atoms. The van der Waals surface area contributed by atoms with Crippen LogP contribution in [-0.2, 0) is 23.7 Å². The highest BCUT2D eigenvalue weighted by atomic mass is 16.7. The van der Waals surface area contributed by atoms with Crippen molar-refractivity contribution >= 4 is 0 Å². The Balaban J connectivity index is 1.65. The van der Waals surface area contributed by atoms with Crippen molar-refractivity contribution in [2.24, 2.45) is 0 Å². The fourth-order valence-corrected chi connectivity index (χ4v) is 3.94. The highest BCUT2D eigenvalue weighted by molar-refractivity contribution is 4.94. The average molecular weight is 504 g/mol. The van der Waals surface area contributed by atoms with E-state index < -0.39 is 112 Å². The van der Waals surface area contributed by atoms with Crippen LogP contribution in [0, 0.1) is 0 Å². The quantitative estimate of drug-likeness (QED) is 0.154. The predicted octanol–water partition coefficient (Wildman–Crippen LogP) is -7.57. The molecule has 3 saturated heterocycles. The molecule has 3 aliphatic heterocycles. The first-order chi connectivity index (χ1) is 16.0. The predicted molar refractivity (Wildman–Crippen MR) is 101 cm³/mol. The van der Waals surface area contributed by atoms with Gasteiger partial charge in [-0.15, -0.1) is 0 Å². The molecule has 1 unspecified atom stereocenters. The monoisotopic (exact) mass is 504 g/mol. The van der Waals surface area contributed by atoms with Gasteiger partial charge in [-0.25, -0.2) is 0 Å². The van der Waals surface area contributed by atoms with Crippen molar-refractivity contribution in [3.05, 3.63) is 0 Å². The van der Waals surface area contributed by atoms with Gasteiger partial charge in [0.1, 0.15) is 73.2 Å². The summed E-state index contributed by atoms with van der Waals surface area (Å²) >= 11 is 0. The maximum atomic E-state index is 10.6. The van der Waals surface area contributed by atoms with E-state index in [2.05, 4.69) is 0 Å². The van der Waals surface area contributed by atoms with E-state index in [0.29, 0.717) is 0 Å². The SMILES string of the molecule is OC[C@H]1O[C@H](OC[C@H]2OC(O)[C@@H](O)[C@@H](O[C@H]3O[C@H](CO)[C@@H](O)[C@H](O)[C@@H]3O)[C@@H]2O)[C@H](O)[C@@H](O)[C@H]1O. The van der Waals surface area contributed by atoms with E-state index in [1.807, 2.05) is 0 Å². The Hall–Kier alpha value is -0.640. The Kier molecular flexibility index (Phi) is 9.54. The van der Waals surface area contributed by atoms with Gasteiger partial charge in [0.05, 0.1) is 19.8 Å². The van der Waals surface area contributed by atoms with E-state index in [9.17, 15) is 56.2 Å². The molecule has 0 aromatic heterocycles. The minimum absolute atomic E-state index is 0.609. The van der Waals surface area contributed by atoms with Crippen LogP contribution in [0.15, 0.2) is 0 Å². The molecule has 200 valence electrons. The zero-order chi connectivity index (χ0) is 25.3. The lowest BCUT2D eigenvalue weighted by atomic mass is 9.97. The zero-order valence-electron chi connectivity index (χ0n) is 17.7. The Bertz CT molecular complexity index is 637. The standard InChI is InChI=1S/C18H32O16/c19-1-4-7(21)10(24)12(26)17(32-4)30-3-6-9(23)15(14(28)16(29)31-6)34-18-13(27)11(25)8(22)5(2-20)33-18/h4-29H,1-3H2/t4-,5-,6-,7+,8-,9-,10+,11+,12-,13+,14+,15+,16?,17+,18-/m1/s1. The number of hydrogen-bond acceptors (Lipinski definition) is 16. The van der Waals surface area contributed by atoms with E-state index >= 15 is 0 Å². The molecule has 15 atom stereocenters. The first-order valence-corrected chi connectivity index (χ1v) is 10.6. The van der Waals surface area contributed by atoms with Gasteiger partial charge in [-0.1, -0.05) is 0 Å². The first kappa shape index (κ1) is 27.9. The molecule has 3 fully saturated rings. The van der Waals surface area contributed by atoms with Gasteiger partial charge >= 0.3 is 0 Å². The van der Waals surface area contributed by atoms with Gasteiger partial charge < -0.3 is 79.9 Å². The fraction of sp³-hybridized carbons (Fsp3) is 1.00. The van der Waals surface area contributed by atoms with Gasteiger partial charge in [-0.3, -0.25) is 0 Å². The molecule has 0 radical (unpaired) electrons. The number of rotatable bonds is 7. The van der Waals surface area contributed by atoms with Gasteiger partial charge in [0.15, 0.2) is 18.9 Å². The van der Waals surface area contributed by atoms with Crippen LogP contribution < -0.4 is 0 Å². The number of ether oxygens (including phenoxy) is 5. The van der Waals surface area contributed by atoms with E-state index in [0.717, 1.165) is 0 Å². The molecule has 16 nitrogen and oxygen atoms in total. The molecule has 16 heteroatoms. The number of aliphatic hydroxyl groups excluding tert-OH is 11. The summed E-state index contributed by atoms with van der Waals surface area (Å²) in [6, 6.07) is 0. The Labute approximate surface area is 192 Å². The Morgan fingerprint density at radius 2 is 1.00 bits per heavy atom. The first-order valence-electron chi connectivity index (χ1n) is 10.6. The molecule has 3 aliphatic rings. The van der Waals surface area contributed by atoms with Crippen molar-refractivity contribution in [1.29, 1.82) is 0 Å². The van der Waals surface area contributed by atoms with Crippen molar-refractivity contribution < 1.29 is 79.9 Å². The van der Waals surface area contributed by atoms with E-state index in [1.54, 1.807) is 0 Å². The molecule has 3 heterocycles. The number of hydrogen-bond donors (Lipinski definition) is 11. The fourth-order valence-electron chi connectivity index (χ4n) is 3.94. The topological polar surface area (TPSA) is 269 Å². The van der Waals surface area contributed by atoms with E-state index in [1.165, 1.54) is 0 Å². The third kappa shape index (κ3) is 5.52.